The summed E-state index contributed by atoms with van der Waals surface area (Å²) in [6.07, 6.45) is 1.72. The lowest BCUT2D eigenvalue weighted by atomic mass is 10.1. The van der Waals surface area contributed by atoms with Gasteiger partial charge in [-0.25, -0.2) is 0 Å². The summed E-state index contributed by atoms with van der Waals surface area (Å²) in [4.78, 5) is 27.4. The van der Waals surface area contributed by atoms with Gasteiger partial charge in [-0.3, -0.25) is 9.59 Å². The topological polar surface area (TPSA) is 67.9 Å². The zero-order chi connectivity index (χ0) is 22.6. The van der Waals surface area contributed by atoms with Crippen molar-refractivity contribution in [1.29, 1.82) is 0 Å². The Hall–Kier alpha value is -3.02. The lowest BCUT2D eigenvalue weighted by Gasteiger charge is -2.30. The highest BCUT2D eigenvalue weighted by atomic mass is 16.5. The Morgan fingerprint density at radius 3 is 2.29 bits per heavy atom. The largest absolute Gasteiger partial charge is 0.497 e. The molecule has 0 unspecified atom stereocenters. The molecule has 0 spiro atoms. The summed E-state index contributed by atoms with van der Waals surface area (Å²) >= 11 is 0. The minimum atomic E-state index is -0.571. The zero-order valence-corrected chi connectivity index (χ0v) is 19.0. The summed E-state index contributed by atoms with van der Waals surface area (Å²) in [5, 5.41) is 2.98. The van der Waals surface area contributed by atoms with Crippen molar-refractivity contribution in [2.75, 3.05) is 13.7 Å². The van der Waals surface area contributed by atoms with Gasteiger partial charge in [0.05, 0.1) is 13.7 Å². The second-order valence-corrected chi connectivity index (χ2v) is 7.63. The Bertz CT molecular complexity index is 808. The number of nitrogens with one attached hydrogen (secondary N) is 1. The van der Waals surface area contributed by atoms with Crippen LogP contribution in [-0.4, -0.2) is 42.5 Å². The van der Waals surface area contributed by atoms with Crippen molar-refractivity contribution in [2.24, 2.45) is 0 Å². The Labute approximate surface area is 185 Å². The molecule has 1 N–H and O–H groups in total. The molecule has 0 aliphatic carbocycles. The number of methoxy groups -OCH3 is 1. The van der Waals surface area contributed by atoms with E-state index in [2.05, 4.69) is 5.32 Å². The van der Waals surface area contributed by atoms with E-state index in [1.807, 2.05) is 68.4 Å². The van der Waals surface area contributed by atoms with Crippen molar-refractivity contribution >= 4 is 11.8 Å². The second kappa shape index (κ2) is 12.6. The van der Waals surface area contributed by atoms with Gasteiger partial charge in [-0.15, -0.1) is 0 Å². The van der Waals surface area contributed by atoms with Crippen LogP contribution in [0.3, 0.4) is 0 Å². The first-order chi connectivity index (χ1) is 14.9. The first-order valence-electron chi connectivity index (χ1n) is 10.8. The highest BCUT2D eigenvalue weighted by Gasteiger charge is 2.26. The molecule has 0 aromatic heterocycles. The molecule has 0 aliphatic heterocycles. The van der Waals surface area contributed by atoms with Gasteiger partial charge in [0, 0.05) is 19.0 Å². The Morgan fingerprint density at radius 1 is 1.00 bits per heavy atom. The monoisotopic (exact) mass is 426 g/mol. The highest BCUT2D eigenvalue weighted by molar-refractivity contribution is 5.87. The summed E-state index contributed by atoms with van der Waals surface area (Å²) < 4.78 is 10.9. The van der Waals surface area contributed by atoms with Crippen molar-refractivity contribution < 1.29 is 19.1 Å². The number of amides is 2. The first kappa shape index (κ1) is 24.3. The summed E-state index contributed by atoms with van der Waals surface area (Å²) in [6.45, 7) is 6.56. The van der Waals surface area contributed by atoms with Gasteiger partial charge in [0.2, 0.25) is 11.8 Å². The van der Waals surface area contributed by atoms with Crippen LogP contribution < -0.4 is 14.8 Å². The van der Waals surface area contributed by atoms with E-state index in [-0.39, 0.29) is 17.9 Å². The van der Waals surface area contributed by atoms with Gasteiger partial charge in [-0.2, -0.15) is 0 Å². The molecule has 2 amide bonds. The summed E-state index contributed by atoms with van der Waals surface area (Å²) in [5.74, 6) is 1.32. The van der Waals surface area contributed by atoms with Crippen LogP contribution in [0.1, 0.15) is 45.6 Å². The van der Waals surface area contributed by atoms with Gasteiger partial charge in [-0.05, 0) is 56.5 Å². The standard InChI is InChI=1S/C25H34N2O4/c1-5-19(2)26-25(29)20(3)27(18-21-13-15-22(30-4)16-14-21)24(28)12-9-17-31-23-10-7-6-8-11-23/h6-8,10-11,13-16,19-20H,5,9,12,17-18H2,1-4H3,(H,26,29)/t19-,20-/m1/s1. The quantitative estimate of drug-likeness (QED) is 0.517. The number of hydrogen-bond acceptors (Lipinski definition) is 4. The Kier molecular flexibility index (Phi) is 9.88. The fourth-order valence-electron chi connectivity index (χ4n) is 3.05. The zero-order valence-electron chi connectivity index (χ0n) is 19.0. The molecule has 6 nitrogen and oxygen atoms in total. The fourth-order valence-corrected chi connectivity index (χ4v) is 3.05. The number of rotatable bonds is 12. The lowest BCUT2D eigenvalue weighted by Crippen LogP contribution is -2.49. The predicted octanol–water partition coefficient (Wildman–Crippen LogP) is 4.19. The molecule has 0 aliphatic rings. The second-order valence-electron chi connectivity index (χ2n) is 7.63. The Balaban J connectivity index is 2.01. The van der Waals surface area contributed by atoms with E-state index in [1.54, 1.807) is 18.9 Å². The molecule has 2 rings (SSSR count). The van der Waals surface area contributed by atoms with E-state index in [1.165, 1.54) is 0 Å². The number of carbonyl (C=O) groups is 2. The van der Waals surface area contributed by atoms with E-state index in [4.69, 9.17) is 9.47 Å². The number of ether oxygens (including phenoxy) is 2. The molecule has 0 saturated heterocycles. The number of carbonyl (C=O) groups excluding carboxylic acids is 2. The lowest BCUT2D eigenvalue weighted by molar-refractivity contribution is -0.141. The predicted molar refractivity (Wildman–Crippen MR) is 122 cm³/mol. The van der Waals surface area contributed by atoms with Crippen LogP contribution in [-0.2, 0) is 16.1 Å². The third-order valence-corrected chi connectivity index (χ3v) is 5.23. The molecule has 6 heteroatoms. The van der Waals surface area contributed by atoms with Crippen LogP contribution in [0.2, 0.25) is 0 Å². The maximum absolute atomic E-state index is 13.0. The number of para-hydroxylation sites is 1. The van der Waals surface area contributed by atoms with Crippen molar-refractivity contribution in [3.8, 4) is 11.5 Å². The number of nitrogens with zero attached hydrogens (tertiary/aromatic N) is 1. The highest BCUT2D eigenvalue weighted by Crippen LogP contribution is 2.16. The molecule has 0 radical (unpaired) electrons. The van der Waals surface area contributed by atoms with Crippen LogP contribution >= 0.6 is 0 Å². The van der Waals surface area contributed by atoms with E-state index in [9.17, 15) is 9.59 Å². The maximum Gasteiger partial charge on any atom is 0.242 e. The van der Waals surface area contributed by atoms with E-state index in [0.717, 1.165) is 23.5 Å². The molecule has 0 heterocycles. The SMILES string of the molecule is CC[C@@H](C)NC(=O)[C@@H](C)N(Cc1ccc(OC)cc1)C(=O)CCCOc1ccccc1. The van der Waals surface area contributed by atoms with Crippen LogP contribution in [0.25, 0.3) is 0 Å². The molecule has 0 bridgehead atoms. The van der Waals surface area contributed by atoms with Gasteiger partial charge >= 0.3 is 0 Å². The van der Waals surface area contributed by atoms with Gasteiger partial charge in [0.15, 0.2) is 0 Å². The van der Waals surface area contributed by atoms with E-state index < -0.39 is 6.04 Å². The van der Waals surface area contributed by atoms with Crippen LogP contribution in [0.4, 0.5) is 0 Å². The fraction of sp³-hybridized carbons (Fsp3) is 0.440. The van der Waals surface area contributed by atoms with Gasteiger partial charge in [-0.1, -0.05) is 37.3 Å². The average molecular weight is 427 g/mol. The van der Waals surface area contributed by atoms with Crippen molar-refractivity contribution in [3.63, 3.8) is 0 Å². The minimum absolute atomic E-state index is 0.0622. The van der Waals surface area contributed by atoms with Crippen LogP contribution in [0, 0.1) is 0 Å². The van der Waals surface area contributed by atoms with Crippen molar-refractivity contribution in [3.05, 3.63) is 60.2 Å². The molecule has 31 heavy (non-hydrogen) atoms. The van der Waals surface area contributed by atoms with Gasteiger partial charge < -0.3 is 19.7 Å². The maximum atomic E-state index is 13.0. The number of hydrogen-bond donors (Lipinski definition) is 1. The number of benzene rings is 2. The minimum Gasteiger partial charge on any atom is -0.497 e. The molecule has 0 fully saturated rings. The van der Waals surface area contributed by atoms with Crippen molar-refractivity contribution in [2.45, 2.75) is 58.7 Å². The van der Waals surface area contributed by atoms with Gasteiger partial charge in [0.25, 0.3) is 0 Å². The van der Waals surface area contributed by atoms with Gasteiger partial charge in [0.1, 0.15) is 17.5 Å². The molecule has 2 aromatic rings. The third-order valence-electron chi connectivity index (χ3n) is 5.23. The Morgan fingerprint density at radius 2 is 1.68 bits per heavy atom. The molecular weight excluding hydrogens is 392 g/mol. The summed E-state index contributed by atoms with van der Waals surface area (Å²) in [5.41, 5.74) is 0.942. The third kappa shape index (κ3) is 7.96. The molecule has 0 saturated carbocycles. The van der Waals surface area contributed by atoms with Crippen molar-refractivity contribution in [1.82, 2.24) is 10.2 Å². The average Bonchev–Trinajstić information content (AvgIpc) is 2.80. The summed E-state index contributed by atoms with van der Waals surface area (Å²) in [7, 11) is 1.61. The smallest absolute Gasteiger partial charge is 0.242 e. The molecular formula is C25H34N2O4. The van der Waals surface area contributed by atoms with Crippen LogP contribution in [0.15, 0.2) is 54.6 Å². The summed E-state index contributed by atoms with van der Waals surface area (Å²) in [6, 6.07) is 16.6. The molecule has 2 aromatic carbocycles. The normalized spacial score (nSPS) is 12.5. The molecule has 168 valence electrons. The van der Waals surface area contributed by atoms with Crippen LogP contribution in [0.5, 0.6) is 11.5 Å². The van der Waals surface area contributed by atoms with E-state index in [0.29, 0.717) is 26.0 Å². The van der Waals surface area contributed by atoms with E-state index >= 15 is 0 Å². The molecule has 2 atom stereocenters. The first-order valence-corrected chi connectivity index (χ1v) is 10.8.